The lowest BCUT2D eigenvalue weighted by molar-refractivity contribution is 0.158. The largest absolute Gasteiger partial charge is 0.331 e. The van der Waals surface area contributed by atoms with Crippen LogP contribution in [0, 0.1) is 5.92 Å². The van der Waals surface area contributed by atoms with Crippen LogP contribution in [0.2, 0.25) is 0 Å². The highest BCUT2D eigenvalue weighted by atomic mass is 16.2. The zero-order valence-corrected chi connectivity index (χ0v) is 12.3. The Morgan fingerprint density at radius 2 is 1.95 bits per heavy atom. The molecule has 0 radical (unpaired) electrons. The molecule has 4 nitrogen and oxygen atoms in total. The van der Waals surface area contributed by atoms with E-state index >= 15 is 0 Å². The van der Waals surface area contributed by atoms with Crippen LogP contribution in [0.15, 0.2) is 0 Å². The van der Waals surface area contributed by atoms with Gasteiger partial charge in [-0.2, -0.15) is 0 Å². The van der Waals surface area contributed by atoms with Crippen LogP contribution < -0.4 is 11.1 Å². The Bertz CT molecular complexity index is 300. The second kappa shape index (κ2) is 6.60. The molecule has 2 aliphatic rings. The molecule has 1 heterocycles. The summed E-state index contributed by atoms with van der Waals surface area (Å²) in [6, 6.07) is 0.112. The molecule has 2 unspecified atom stereocenters. The number of amides is 2. The number of nitrogens with two attached hydrogens (primary N) is 1. The molecule has 4 heteroatoms. The Kier molecular flexibility index (Phi) is 5.08. The molecule has 2 atom stereocenters. The van der Waals surface area contributed by atoms with Crippen LogP contribution in [0.4, 0.5) is 4.79 Å². The second-order valence-corrected chi connectivity index (χ2v) is 6.52. The fourth-order valence-electron chi connectivity index (χ4n) is 3.59. The minimum atomic E-state index is -0.152. The summed E-state index contributed by atoms with van der Waals surface area (Å²) in [5, 5.41) is 3.27. The topological polar surface area (TPSA) is 58.4 Å². The molecular weight excluding hydrogens is 238 g/mol. The first-order valence-electron chi connectivity index (χ1n) is 7.92. The number of urea groups is 1. The van der Waals surface area contributed by atoms with Crippen LogP contribution in [0.3, 0.4) is 0 Å². The third-order valence-corrected chi connectivity index (χ3v) is 4.75. The molecule has 2 fully saturated rings. The van der Waals surface area contributed by atoms with E-state index in [9.17, 15) is 4.79 Å². The van der Waals surface area contributed by atoms with E-state index in [1.54, 1.807) is 0 Å². The summed E-state index contributed by atoms with van der Waals surface area (Å²) in [6.07, 6.45) is 9.29. The Morgan fingerprint density at radius 1 is 1.26 bits per heavy atom. The van der Waals surface area contributed by atoms with E-state index in [2.05, 4.69) is 12.2 Å². The van der Waals surface area contributed by atoms with Crippen LogP contribution >= 0.6 is 0 Å². The van der Waals surface area contributed by atoms with Gasteiger partial charge in [0, 0.05) is 19.6 Å². The Labute approximate surface area is 117 Å². The Hall–Kier alpha value is -0.770. The number of hydrogen-bond donors (Lipinski definition) is 2. The van der Waals surface area contributed by atoms with Crippen molar-refractivity contribution in [3.05, 3.63) is 0 Å². The van der Waals surface area contributed by atoms with Gasteiger partial charge in [0.25, 0.3) is 0 Å². The third kappa shape index (κ3) is 3.85. The molecule has 0 aromatic carbocycles. The maximum Gasteiger partial charge on any atom is 0.317 e. The van der Waals surface area contributed by atoms with Crippen molar-refractivity contribution in [2.24, 2.45) is 11.7 Å². The normalized spacial score (nSPS) is 32.7. The Morgan fingerprint density at radius 3 is 2.53 bits per heavy atom. The molecule has 0 aromatic rings. The number of carbonyl (C=O) groups is 1. The average molecular weight is 267 g/mol. The van der Waals surface area contributed by atoms with Gasteiger partial charge < -0.3 is 16.0 Å². The lowest BCUT2D eigenvalue weighted by Gasteiger charge is -2.41. The summed E-state index contributed by atoms with van der Waals surface area (Å²) in [6.45, 7) is 4.64. The van der Waals surface area contributed by atoms with Gasteiger partial charge in [0.1, 0.15) is 0 Å². The molecular formula is C15H29N3O. The molecule has 0 spiro atoms. The van der Waals surface area contributed by atoms with Gasteiger partial charge in [-0.1, -0.05) is 32.6 Å². The molecule has 2 amide bonds. The first kappa shape index (κ1) is 14.6. The van der Waals surface area contributed by atoms with Gasteiger partial charge in [-0.15, -0.1) is 0 Å². The van der Waals surface area contributed by atoms with Crippen molar-refractivity contribution in [2.45, 2.75) is 63.8 Å². The van der Waals surface area contributed by atoms with Gasteiger partial charge in [-0.05, 0) is 31.6 Å². The SMILES string of the molecule is CC1CCCC(CN)(NC(=O)N2CCCCCC2)C1. The second-order valence-electron chi connectivity index (χ2n) is 6.52. The van der Waals surface area contributed by atoms with E-state index in [1.165, 1.54) is 25.7 Å². The predicted octanol–water partition coefficient (Wildman–Crippen LogP) is 2.48. The first-order chi connectivity index (χ1) is 9.15. The van der Waals surface area contributed by atoms with Crippen molar-refractivity contribution in [3.63, 3.8) is 0 Å². The monoisotopic (exact) mass is 267 g/mol. The van der Waals surface area contributed by atoms with E-state index < -0.39 is 0 Å². The van der Waals surface area contributed by atoms with Gasteiger partial charge in [-0.3, -0.25) is 0 Å². The number of rotatable bonds is 2. The number of hydrogen-bond acceptors (Lipinski definition) is 2. The lowest BCUT2D eigenvalue weighted by Crippen LogP contribution is -2.59. The standard InChI is InChI=1S/C15H29N3O/c1-13-7-6-8-15(11-13,12-16)17-14(19)18-9-4-2-3-5-10-18/h13H,2-12,16H2,1H3,(H,17,19). The van der Waals surface area contributed by atoms with E-state index in [4.69, 9.17) is 5.73 Å². The van der Waals surface area contributed by atoms with Crippen LogP contribution in [0.1, 0.15) is 58.3 Å². The van der Waals surface area contributed by atoms with Gasteiger partial charge in [-0.25, -0.2) is 4.79 Å². The molecule has 0 aromatic heterocycles. The first-order valence-corrected chi connectivity index (χ1v) is 7.92. The summed E-state index contributed by atoms with van der Waals surface area (Å²) in [4.78, 5) is 14.4. The smallest absolute Gasteiger partial charge is 0.317 e. The van der Waals surface area contributed by atoms with Gasteiger partial charge in [0.05, 0.1) is 5.54 Å². The highest BCUT2D eigenvalue weighted by Crippen LogP contribution is 2.31. The maximum absolute atomic E-state index is 12.4. The highest BCUT2D eigenvalue weighted by molar-refractivity contribution is 5.75. The summed E-state index contributed by atoms with van der Waals surface area (Å²) >= 11 is 0. The van der Waals surface area contributed by atoms with Crippen molar-refractivity contribution in [1.29, 1.82) is 0 Å². The van der Waals surface area contributed by atoms with Gasteiger partial charge in [0.15, 0.2) is 0 Å². The molecule has 110 valence electrons. The van der Waals surface area contributed by atoms with Crippen molar-refractivity contribution < 1.29 is 4.79 Å². The van der Waals surface area contributed by atoms with E-state index in [0.717, 1.165) is 38.8 Å². The average Bonchev–Trinajstić information content (AvgIpc) is 2.67. The minimum Gasteiger partial charge on any atom is -0.331 e. The fourth-order valence-corrected chi connectivity index (χ4v) is 3.59. The summed E-state index contributed by atoms with van der Waals surface area (Å²) in [5.41, 5.74) is 5.82. The number of nitrogens with zero attached hydrogens (tertiary/aromatic N) is 1. The van der Waals surface area contributed by atoms with Crippen LogP contribution in [-0.2, 0) is 0 Å². The number of carbonyl (C=O) groups excluding carboxylic acids is 1. The summed E-state index contributed by atoms with van der Waals surface area (Å²) < 4.78 is 0. The van der Waals surface area contributed by atoms with Crippen molar-refractivity contribution in [1.82, 2.24) is 10.2 Å². The van der Waals surface area contributed by atoms with Crippen molar-refractivity contribution in [3.8, 4) is 0 Å². The quantitative estimate of drug-likeness (QED) is 0.807. The van der Waals surface area contributed by atoms with Crippen LogP contribution in [-0.4, -0.2) is 36.1 Å². The molecule has 1 saturated carbocycles. The van der Waals surface area contributed by atoms with Crippen LogP contribution in [0.5, 0.6) is 0 Å². The van der Waals surface area contributed by atoms with Gasteiger partial charge >= 0.3 is 6.03 Å². The molecule has 1 saturated heterocycles. The molecule has 1 aliphatic heterocycles. The summed E-state index contributed by atoms with van der Waals surface area (Å²) in [7, 11) is 0. The lowest BCUT2D eigenvalue weighted by atomic mass is 9.76. The Balaban J connectivity index is 1.94. The zero-order valence-electron chi connectivity index (χ0n) is 12.3. The van der Waals surface area contributed by atoms with E-state index in [1.807, 2.05) is 4.90 Å². The van der Waals surface area contributed by atoms with Crippen molar-refractivity contribution in [2.75, 3.05) is 19.6 Å². The predicted molar refractivity (Wildman–Crippen MR) is 78.0 cm³/mol. The number of likely N-dealkylation sites (tertiary alicyclic amines) is 1. The molecule has 1 aliphatic carbocycles. The van der Waals surface area contributed by atoms with E-state index in [0.29, 0.717) is 12.5 Å². The van der Waals surface area contributed by atoms with E-state index in [-0.39, 0.29) is 11.6 Å². The van der Waals surface area contributed by atoms with Crippen LogP contribution in [0.25, 0.3) is 0 Å². The maximum atomic E-state index is 12.4. The molecule has 19 heavy (non-hydrogen) atoms. The molecule has 0 bridgehead atoms. The third-order valence-electron chi connectivity index (χ3n) is 4.75. The van der Waals surface area contributed by atoms with Crippen molar-refractivity contribution >= 4 is 6.03 Å². The fraction of sp³-hybridized carbons (Fsp3) is 0.933. The molecule has 2 rings (SSSR count). The zero-order chi connectivity index (χ0) is 13.7. The summed E-state index contributed by atoms with van der Waals surface area (Å²) in [5.74, 6) is 0.668. The molecule has 3 N–H and O–H groups in total. The minimum absolute atomic E-state index is 0.112. The highest BCUT2D eigenvalue weighted by Gasteiger charge is 2.36. The number of nitrogens with one attached hydrogen (secondary N) is 1. The van der Waals surface area contributed by atoms with Gasteiger partial charge in [0.2, 0.25) is 0 Å².